The SMILES string of the molecule is CC(C)C(C(=O)NCC1CCCC1CN)C(C)C. The lowest BCUT2D eigenvalue weighted by Gasteiger charge is -2.25. The molecule has 1 aliphatic carbocycles. The summed E-state index contributed by atoms with van der Waals surface area (Å²) in [5, 5.41) is 3.16. The van der Waals surface area contributed by atoms with Crippen molar-refractivity contribution in [2.75, 3.05) is 13.1 Å². The van der Waals surface area contributed by atoms with Gasteiger partial charge in [-0.2, -0.15) is 0 Å². The second-order valence-electron chi connectivity index (χ2n) is 6.45. The Hall–Kier alpha value is -0.570. The second kappa shape index (κ2) is 7.13. The summed E-state index contributed by atoms with van der Waals surface area (Å²) in [6.45, 7) is 10.1. The van der Waals surface area contributed by atoms with E-state index >= 15 is 0 Å². The Kier molecular flexibility index (Phi) is 6.13. The normalized spacial score (nSPS) is 24.2. The fraction of sp³-hybridized carbons (Fsp3) is 0.933. The lowest BCUT2D eigenvalue weighted by Crippen LogP contribution is -2.40. The van der Waals surface area contributed by atoms with Crippen LogP contribution in [-0.4, -0.2) is 19.0 Å². The highest BCUT2D eigenvalue weighted by Gasteiger charge is 2.29. The molecule has 0 aromatic carbocycles. The van der Waals surface area contributed by atoms with Crippen molar-refractivity contribution in [1.29, 1.82) is 0 Å². The summed E-state index contributed by atoms with van der Waals surface area (Å²) in [6.07, 6.45) is 3.71. The molecule has 1 rings (SSSR count). The van der Waals surface area contributed by atoms with Gasteiger partial charge < -0.3 is 11.1 Å². The minimum Gasteiger partial charge on any atom is -0.356 e. The molecule has 3 N–H and O–H groups in total. The van der Waals surface area contributed by atoms with Crippen LogP contribution < -0.4 is 11.1 Å². The average molecular weight is 254 g/mol. The summed E-state index contributed by atoms with van der Waals surface area (Å²) in [6, 6.07) is 0. The first kappa shape index (κ1) is 15.5. The summed E-state index contributed by atoms with van der Waals surface area (Å²) in [4.78, 5) is 12.2. The Balaban J connectivity index is 2.44. The first-order valence-corrected chi connectivity index (χ1v) is 7.45. The van der Waals surface area contributed by atoms with Gasteiger partial charge in [-0.25, -0.2) is 0 Å². The predicted molar refractivity (Wildman–Crippen MR) is 76.1 cm³/mol. The van der Waals surface area contributed by atoms with Crippen LogP contribution in [0.3, 0.4) is 0 Å². The van der Waals surface area contributed by atoms with Crippen LogP contribution in [0, 0.1) is 29.6 Å². The third kappa shape index (κ3) is 3.98. The molecule has 0 spiro atoms. The monoisotopic (exact) mass is 254 g/mol. The smallest absolute Gasteiger partial charge is 0.223 e. The zero-order chi connectivity index (χ0) is 13.7. The van der Waals surface area contributed by atoms with Gasteiger partial charge in [-0.05, 0) is 43.1 Å². The molecule has 0 aliphatic heterocycles. The van der Waals surface area contributed by atoms with Crippen molar-refractivity contribution in [3.05, 3.63) is 0 Å². The fourth-order valence-electron chi connectivity index (χ4n) is 3.42. The molecular weight excluding hydrogens is 224 g/mol. The van der Waals surface area contributed by atoms with E-state index < -0.39 is 0 Å². The Morgan fingerprint density at radius 2 is 1.72 bits per heavy atom. The molecule has 0 aromatic heterocycles. The number of hydrogen-bond acceptors (Lipinski definition) is 2. The Morgan fingerprint density at radius 3 is 2.22 bits per heavy atom. The lowest BCUT2D eigenvalue weighted by molar-refractivity contribution is -0.128. The van der Waals surface area contributed by atoms with E-state index in [0.29, 0.717) is 23.7 Å². The van der Waals surface area contributed by atoms with Gasteiger partial charge in [0.15, 0.2) is 0 Å². The van der Waals surface area contributed by atoms with Crippen LogP contribution in [0.2, 0.25) is 0 Å². The molecule has 3 heteroatoms. The molecule has 0 saturated heterocycles. The second-order valence-corrected chi connectivity index (χ2v) is 6.45. The van der Waals surface area contributed by atoms with Crippen LogP contribution in [0.15, 0.2) is 0 Å². The van der Waals surface area contributed by atoms with Crippen LogP contribution >= 0.6 is 0 Å². The standard InChI is InChI=1S/C15H30N2O/c1-10(2)14(11(3)4)15(18)17-9-13-7-5-6-12(13)8-16/h10-14H,5-9,16H2,1-4H3,(H,17,18). The van der Waals surface area contributed by atoms with E-state index in [-0.39, 0.29) is 11.8 Å². The molecule has 0 heterocycles. The molecule has 2 unspecified atom stereocenters. The molecule has 2 atom stereocenters. The summed E-state index contributed by atoms with van der Waals surface area (Å²) >= 11 is 0. The minimum absolute atomic E-state index is 0.128. The molecule has 3 nitrogen and oxygen atoms in total. The van der Waals surface area contributed by atoms with Gasteiger partial charge in [0.05, 0.1) is 0 Å². The highest BCUT2D eigenvalue weighted by Crippen LogP contribution is 2.30. The molecular formula is C15H30N2O. The average Bonchev–Trinajstić information content (AvgIpc) is 2.72. The van der Waals surface area contributed by atoms with Crippen molar-refractivity contribution in [1.82, 2.24) is 5.32 Å². The van der Waals surface area contributed by atoms with Crippen LogP contribution in [0.25, 0.3) is 0 Å². The quantitative estimate of drug-likeness (QED) is 0.765. The van der Waals surface area contributed by atoms with Crippen LogP contribution in [-0.2, 0) is 4.79 Å². The lowest BCUT2D eigenvalue weighted by atomic mass is 9.84. The van der Waals surface area contributed by atoms with Gasteiger partial charge in [-0.1, -0.05) is 34.1 Å². The number of hydrogen-bond donors (Lipinski definition) is 2. The van der Waals surface area contributed by atoms with E-state index in [1.54, 1.807) is 0 Å². The Labute approximate surface area is 112 Å². The van der Waals surface area contributed by atoms with Crippen LogP contribution in [0.5, 0.6) is 0 Å². The fourth-order valence-corrected chi connectivity index (χ4v) is 3.42. The number of rotatable bonds is 6. The van der Waals surface area contributed by atoms with E-state index in [4.69, 9.17) is 5.73 Å². The van der Waals surface area contributed by atoms with Crippen molar-refractivity contribution in [2.45, 2.75) is 47.0 Å². The maximum Gasteiger partial charge on any atom is 0.223 e. The zero-order valence-electron chi connectivity index (χ0n) is 12.4. The first-order valence-electron chi connectivity index (χ1n) is 7.45. The van der Waals surface area contributed by atoms with E-state index in [1.807, 2.05) is 0 Å². The van der Waals surface area contributed by atoms with Crippen molar-refractivity contribution in [3.63, 3.8) is 0 Å². The van der Waals surface area contributed by atoms with E-state index in [0.717, 1.165) is 13.1 Å². The Morgan fingerprint density at radius 1 is 1.17 bits per heavy atom. The maximum absolute atomic E-state index is 12.2. The van der Waals surface area contributed by atoms with Gasteiger partial charge in [-0.3, -0.25) is 4.79 Å². The number of nitrogens with one attached hydrogen (secondary N) is 1. The van der Waals surface area contributed by atoms with E-state index in [2.05, 4.69) is 33.0 Å². The first-order chi connectivity index (χ1) is 8.47. The molecule has 1 fully saturated rings. The van der Waals surface area contributed by atoms with E-state index in [1.165, 1.54) is 19.3 Å². The highest BCUT2D eigenvalue weighted by atomic mass is 16.1. The number of carbonyl (C=O) groups is 1. The topological polar surface area (TPSA) is 55.1 Å². The summed E-state index contributed by atoms with van der Waals surface area (Å²) in [7, 11) is 0. The maximum atomic E-state index is 12.2. The highest BCUT2D eigenvalue weighted by molar-refractivity contribution is 5.79. The molecule has 0 radical (unpaired) electrons. The van der Waals surface area contributed by atoms with Gasteiger partial charge in [-0.15, -0.1) is 0 Å². The predicted octanol–water partition coefficient (Wildman–Crippen LogP) is 2.41. The minimum atomic E-state index is 0.128. The van der Waals surface area contributed by atoms with Gasteiger partial charge in [0.2, 0.25) is 5.91 Å². The molecule has 106 valence electrons. The van der Waals surface area contributed by atoms with Gasteiger partial charge in [0.1, 0.15) is 0 Å². The largest absolute Gasteiger partial charge is 0.356 e. The van der Waals surface area contributed by atoms with Crippen molar-refractivity contribution in [2.24, 2.45) is 35.3 Å². The van der Waals surface area contributed by atoms with Gasteiger partial charge in [0, 0.05) is 12.5 Å². The van der Waals surface area contributed by atoms with Gasteiger partial charge >= 0.3 is 0 Å². The molecule has 18 heavy (non-hydrogen) atoms. The molecule has 1 saturated carbocycles. The summed E-state index contributed by atoms with van der Waals surface area (Å²) in [5.41, 5.74) is 5.77. The molecule has 1 amide bonds. The van der Waals surface area contributed by atoms with Crippen LogP contribution in [0.1, 0.15) is 47.0 Å². The number of amides is 1. The van der Waals surface area contributed by atoms with Crippen molar-refractivity contribution >= 4 is 5.91 Å². The molecule has 0 bridgehead atoms. The van der Waals surface area contributed by atoms with Crippen molar-refractivity contribution < 1.29 is 4.79 Å². The van der Waals surface area contributed by atoms with E-state index in [9.17, 15) is 4.79 Å². The molecule has 1 aliphatic rings. The Bertz CT molecular complexity index is 255. The number of carbonyl (C=O) groups excluding carboxylic acids is 1. The zero-order valence-corrected chi connectivity index (χ0v) is 12.4. The number of nitrogens with two attached hydrogens (primary N) is 1. The van der Waals surface area contributed by atoms with Crippen LogP contribution in [0.4, 0.5) is 0 Å². The van der Waals surface area contributed by atoms with Crippen molar-refractivity contribution in [3.8, 4) is 0 Å². The van der Waals surface area contributed by atoms with Gasteiger partial charge in [0.25, 0.3) is 0 Å². The molecule has 0 aromatic rings. The third-order valence-corrected chi connectivity index (χ3v) is 4.40. The third-order valence-electron chi connectivity index (χ3n) is 4.40. The summed E-state index contributed by atoms with van der Waals surface area (Å²) in [5.74, 6) is 2.36. The summed E-state index contributed by atoms with van der Waals surface area (Å²) < 4.78 is 0.